The summed E-state index contributed by atoms with van der Waals surface area (Å²) in [7, 11) is 2.15. The Morgan fingerprint density at radius 3 is 2.70 bits per heavy atom. The van der Waals surface area contributed by atoms with Gasteiger partial charge in [0, 0.05) is 24.5 Å². The van der Waals surface area contributed by atoms with Crippen LogP contribution < -0.4 is 10.6 Å². The summed E-state index contributed by atoms with van der Waals surface area (Å²) in [6.07, 6.45) is 2.93. The molecule has 3 rings (SSSR count). The number of hydrogen-bond donors (Lipinski definition) is 2. The molecule has 4 atom stereocenters. The summed E-state index contributed by atoms with van der Waals surface area (Å²) < 4.78 is 0. The monoisotopic (exact) mass is 337 g/mol. The number of hydrogen-bond acceptors (Lipinski definition) is 3. The third-order valence-electron chi connectivity index (χ3n) is 5.11. The second-order valence-electron chi connectivity index (χ2n) is 6.82. The Bertz CT molecular complexity index is 510. The van der Waals surface area contributed by atoms with Gasteiger partial charge in [0.1, 0.15) is 0 Å². The second kappa shape index (κ2) is 8.13. The second-order valence-corrected chi connectivity index (χ2v) is 6.82. The van der Waals surface area contributed by atoms with E-state index in [0.29, 0.717) is 12.1 Å². The first-order chi connectivity index (χ1) is 10.6. The zero-order chi connectivity index (χ0) is 15.5. The summed E-state index contributed by atoms with van der Waals surface area (Å²) in [6, 6.07) is 11.5. The van der Waals surface area contributed by atoms with Crippen molar-refractivity contribution in [2.45, 2.75) is 44.3 Å². The molecule has 2 heterocycles. The van der Waals surface area contributed by atoms with Crippen molar-refractivity contribution in [3.8, 4) is 0 Å². The fraction of sp³-hybridized carbons (Fsp3) is 0.611. The van der Waals surface area contributed by atoms with Gasteiger partial charge in [-0.25, -0.2) is 0 Å². The Kier molecular flexibility index (Phi) is 6.45. The molecular weight excluding hydrogens is 310 g/mol. The predicted octanol–water partition coefficient (Wildman–Crippen LogP) is 2.36. The summed E-state index contributed by atoms with van der Waals surface area (Å²) in [5.74, 6) is 0.410. The highest BCUT2D eigenvalue weighted by Crippen LogP contribution is 2.31. The third kappa shape index (κ3) is 4.25. The molecular formula is C18H28ClN3O. The van der Waals surface area contributed by atoms with Crippen LogP contribution in [0.5, 0.6) is 0 Å². The molecule has 2 saturated heterocycles. The molecule has 128 valence electrons. The fourth-order valence-corrected chi connectivity index (χ4v) is 3.91. The largest absolute Gasteiger partial charge is 0.351 e. The first-order valence-corrected chi connectivity index (χ1v) is 8.44. The molecule has 0 aromatic heterocycles. The predicted molar refractivity (Wildman–Crippen MR) is 95.8 cm³/mol. The van der Waals surface area contributed by atoms with E-state index in [9.17, 15) is 4.79 Å². The van der Waals surface area contributed by atoms with Crippen LogP contribution in [0.15, 0.2) is 30.3 Å². The molecule has 0 radical (unpaired) electrons. The van der Waals surface area contributed by atoms with Crippen molar-refractivity contribution in [3.63, 3.8) is 0 Å². The number of likely N-dealkylation sites (N-methyl/N-ethyl adjacent to an activating group) is 1. The Morgan fingerprint density at radius 2 is 2.00 bits per heavy atom. The van der Waals surface area contributed by atoms with Gasteiger partial charge in [-0.1, -0.05) is 30.3 Å². The number of likely N-dealkylation sites (tertiary alicyclic amines) is 1. The number of amides is 1. The Balaban J connectivity index is 0.00000192. The van der Waals surface area contributed by atoms with Crippen LogP contribution in [0.1, 0.15) is 37.8 Å². The van der Waals surface area contributed by atoms with E-state index in [0.717, 1.165) is 32.4 Å². The maximum atomic E-state index is 12.6. The standard InChI is InChI=1S/C18H27N3O.ClH/c1-13-12-15(8-10-19-13)18(22)20-16-9-11-21(2)17(16)14-6-4-3-5-7-14;/h3-7,13,15-17,19H,8-12H2,1-2H3,(H,20,22);1H/t13-,15-,16?,17?;/m0./s1. The summed E-state index contributed by atoms with van der Waals surface area (Å²) in [6.45, 7) is 4.15. The van der Waals surface area contributed by atoms with Crippen molar-refractivity contribution in [1.29, 1.82) is 0 Å². The van der Waals surface area contributed by atoms with Gasteiger partial charge in [-0.3, -0.25) is 9.69 Å². The van der Waals surface area contributed by atoms with E-state index in [4.69, 9.17) is 0 Å². The number of benzene rings is 1. The van der Waals surface area contributed by atoms with E-state index in [1.54, 1.807) is 0 Å². The minimum Gasteiger partial charge on any atom is -0.351 e. The summed E-state index contributed by atoms with van der Waals surface area (Å²) >= 11 is 0. The molecule has 5 heteroatoms. The van der Waals surface area contributed by atoms with Crippen LogP contribution in [0.3, 0.4) is 0 Å². The molecule has 2 unspecified atom stereocenters. The molecule has 2 aliphatic heterocycles. The molecule has 2 aliphatic rings. The van der Waals surface area contributed by atoms with Gasteiger partial charge in [0.25, 0.3) is 0 Å². The lowest BCUT2D eigenvalue weighted by molar-refractivity contribution is -0.127. The number of halogens is 1. The minimum atomic E-state index is 0. The fourth-order valence-electron chi connectivity index (χ4n) is 3.91. The van der Waals surface area contributed by atoms with E-state index in [2.05, 4.69) is 53.8 Å². The van der Waals surface area contributed by atoms with Gasteiger partial charge in [0.05, 0.1) is 6.04 Å². The summed E-state index contributed by atoms with van der Waals surface area (Å²) in [5, 5.41) is 6.75. The van der Waals surface area contributed by atoms with Gasteiger partial charge in [-0.05, 0) is 45.3 Å². The van der Waals surface area contributed by atoms with Crippen molar-refractivity contribution < 1.29 is 4.79 Å². The van der Waals surface area contributed by atoms with E-state index in [-0.39, 0.29) is 30.3 Å². The lowest BCUT2D eigenvalue weighted by atomic mass is 9.91. The molecule has 0 saturated carbocycles. The van der Waals surface area contributed by atoms with Gasteiger partial charge in [0.15, 0.2) is 0 Å². The highest BCUT2D eigenvalue weighted by Gasteiger charge is 2.35. The number of nitrogens with zero attached hydrogens (tertiary/aromatic N) is 1. The molecule has 2 fully saturated rings. The molecule has 23 heavy (non-hydrogen) atoms. The molecule has 1 amide bonds. The van der Waals surface area contributed by atoms with Crippen molar-refractivity contribution in [2.75, 3.05) is 20.1 Å². The van der Waals surface area contributed by atoms with Gasteiger partial charge >= 0.3 is 0 Å². The average Bonchev–Trinajstić information content (AvgIpc) is 2.89. The van der Waals surface area contributed by atoms with Crippen molar-refractivity contribution in [2.24, 2.45) is 5.92 Å². The number of rotatable bonds is 3. The van der Waals surface area contributed by atoms with Crippen LogP contribution in [-0.4, -0.2) is 43.0 Å². The van der Waals surface area contributed by atoms with Crippen LogP contribution in [0.2, 0.25) is 0 Å². The highest BCUT2D eigenvalue weighted by atomic mass is 35.5. The van der Waals surface area contributed by atoms with Gasteiger partial charge in [0.2, 0.25) is 5.91 Å². The van der Waals surface area contributed by atoms with Crippen LogP contribution in [0, 0.1) is 5.92 Å². The lowest BCUT2D eigenvalue weighted by Crippen LogP contribution is -2.46. The molecule has 1 aromatic rings. The molecule has 1 aromatic carbocycles. The lowest BCUT2D eigenvalue weighted by Gasteiger charge is -2.30. The quantitative estimate of drug-likeness (QED) is 0.890. The normalized spacial score (nSPS) is 31.4. The van der Waals surface area contributed by atoms with Crippen LogP contribution in [-0.2, 0) is 4.79 Å². The van der Waals surface area contributed by atoms with Crippen molar-refractivity contribution >= 4 is 18.3 Å². The zero-order valence-electron chi connectivity index (χ0n) is 14.0. The van der Waals surface area contributed by atoms with Gasteiger partial charge in [-0.15, -0.1) is 12.4 Å². The number of piperidine rings is 1. The Labute approximate surface area is 145 Å². The third-order valence-corrected chi connectivity index (χ3v) is 5.11. The molecule has 2 N–H and O–H groups in total. The van der Waals surface area contributed by atoms with E-state index < -0.39 is 0 Å². The SMILES string of the molecule is C[C@H]1C[C@@H](C(=O)NC2CCN(C)C2c2ccccc2)CCN1.Cl. The number of carbonyl (C=O) groups excluding carboxylic acids is 1. The molecule has 0 spiro atoms. The maximum absolute atomic E-state index is 12.6. The first-order valence-electron chi connectivity index (χ1n) is 8.44. The van der Waals surface area contributed by atoms with Crippen LogP contribution in [0.25, 0.3) is 0 Å². The molecule has 0 bridgehead atoms. The topological polar surface area (TPSA) is 44.4 Å². The van der Waals surface area contributed by atoms with Crippen LogP contribution in [0.4, 0.5) is 0 Å². The number of nitrogens with one attached hydrogen (secondary N) is 2. The summed E-state index contributed by atoms with van der Waals surface area (Å²) in [4.78, 5) is 15.0. The Morgan fingerprint density at radius 1 is 1.26 bits per heavy atom. The average molecular weight is 338 g/mol. The molecule has 4 nitrogen and oxygen atoms in total. The van der Waals surface area contributed by atoms with E-state index >= 15 is 0 Å². The minimum absolute atomic E-state index is 0. The maximum Gasteiger partial charge on any atom is 0.223 e. The van der Waals surface area contributed by atoms with Crippen LogP contribution >= 0.6 is 12.4 Å². The summed E-state index contributed by atoms with van der Waals surface area (Å²) in [5.41, 5.74) is 1.30. The Hall–Kier alpha value is -1.10. The zero-order valence-corrected chi connectivity index (χ0v) is 14.8. The van der Waals surface area contributed by atoms with Crippen molar-refractivity contribution in [1.82, 2.24) is 15.5 Å². The van der Waals surface area contributed by atoms with Gasteiger partial charge in [-0.2, -0.15) is 0 Å². The number of carbonyl (C=O) groups is 1. The van der Waals surface area contributed by atoms with E-state index in [1.165, 1.54) is 5.56 Å². The molecule has 0 aliphatic carbocycles. The van der Waals surface area contributed by atoms with Crippen molar-refractivity contribution in [3.05, 3.63) is 35.9 Å². The first kappa shape index (κ1) is 18.2. The van der Waals surface area contributed by atoms with E-state index in [1.807, 2.05) is 6.07 Å². The van der Waals surface area contributed by atoms with Gasteiger partial charge < -0.3 is 10.6 Å². The highest BCUT2D eigenvalue weighted by molar-refractivity contribution is 5.85. The smallest absolute Gasteiger partial charge is 0.223 e.